The molecule has 0 aromatic carbocycles. The summed E-state index contributed by atoms with van der Waals surface area (Å²) < 4.78 is 5.89. The molecule has 2 rings (SSSR count). The Labute approximate surface area is 113 Å². The number of halogens is 1. The molecule has 0 radical (unpaired) electrons. The van der Waals surface area contributed by atoms with Gasteiger partial charge in [-0.25, -0.2) is 4.98 Å². The zero-order chi connectivity index (χ0) is 13.1. The Hall–Kier alpha value is -0.800. The maximum Gasteiger partial charge on any atom is 0.213 e. The van der Waals surface area contributed by atoms with Crippen molar-refractivity contribution in [2.45, 2.75) is 45.8 Å². The molecule has 0 aliphatic heterocycles. The quantitative estimate of drug-likeness (QED) is 0.914. The lowest BCUT2D eigenvalue weighted by Crippen LogP contribution is -2.29. The van der Waals surface area contributed by atoms with Crippen LogP contribution in [-0.2, 0) is 6.61 Å². The van der Waals surface area contributed by atoms with Crippen LogP contribution in [0.4, 0.5) is 0 Å². The third-order valence-corrected chi connectivity index (χ3v) is 4.22. The van der Waals surface area contributed by atoms with Gasteiger partial charge in [-0.1, -0.05) is 25.4 Å². The molecule has 1 aromatic heterocycles. The first-order valence-electron chi connectivity index (χ1n) is 6.53. The van der Waals surface area contributed by atoms with Crippen LogP contribution in [-0.4, -0.2) is 16.2 Å². The van der Waals surface area contributed by atoms with Gasteiger partial charge in [-0.05, 0) is 37.2 Å². The van der Waals surface area contributed by atoms with E-state index in [0.29, 0.717) is 22.5 Å². The van der Waals surface area contributed by atoms with E-state index >= 15 is 0 Å². The third-order valence-electron chi connectivity index (χ3n) is 3.88. The van der Waals surface area contributed by atoms with Gasteiger partial charge in [0.1, 0.15) is 6.10 Å². The molecule has 4 heteroatoms. The van der Waals surface area contributed by atoms with Gasteiger partial charge in [0.25, 0.3) is 0 Å². The highest BCUT2D eigenvalue weighted by molar-refractivity contribution is 6.31. The number of hydrogen-bond acceptors (Lipinski definition) is 3. The second-order valence-corrected chi connectivity index (χ2v) is 5.65. The second kappa shape index (κ2) is 5.89. The fraction of sp³-hybridized carbons (Fsp3) is 0.643. The van der Waals surface area contributed by atoms with E-state index in [2.05, 4.69) is 18.8 Å². The lowest BCUT2D eigenvalue weighted by molar-refractivity contribution is 0.0959. The molecule has 0 bridgehead atoms. The average Bonchev–Trinajstić information content (AvgIpc) is 2.36. The van der Waals surface area contributed by atoms with Gasteiger partial charge in [0.2, 0.25) is 5.88 Å². The van der Waals surface area contributed by atoms with Gasteiger partial charge in [-0.3, -0.25) is 0 Å². The molecule has 3 nitrogen and oxygen atoms in total. The van der Waals surface area contributed by atoms with Gasteiger partial charge >= 0.3 is 0 Å². The predicted octanol–water partition coefficient (Wildman–Crippen LogP) is 3.43. The van der Waals surface area contributed by atoms with E-state index in [1.165, 1.54) is 6.42 Å². The molecule has 3 atom stereocenters. The summed E-state index contributed by atoms with van der Waals surface area (Å²) >= 11 is 5.90. The maximum absolute atomic E-state index is 9.12. The number of nitrogens with zero attached hydrogens (tertiary/aromatic N) is 1. The molecule has 1 aliphatic carbocycles. The van der Waals surface area contributed by atoms with Gasteiger partial charge in [-0.2, -0.15) is 0 Å². The summed E-state index contributed by atoms with van der Waals surface area (Å²) in [5.74, 6) is 2.03. The monoisotopic (exact) mass is 269 g/mol. The van der Waals surface area contributed by atoms with Crippen LogP contribution in [0.1, 0.15) is 38.8 Å². The SMILES string of the molecule is CC1CCC(Oc2ccc(Cl)c(CO)n2)CC1C. The van der Waals surface area contributed by atoms with E-state index in [9.17, 15) is 0 Å². The molecule has 0 spiro atoms. The van der Waals surface area contributed by atoms with E-state index in [0.717, 1.165) is 18.8 Å². The smallest absolute Gasteiger partial charge is 0.213 e. The number of hydrogen-bond donors (Lipinski definition) is 1. The molecule has 0 amide bonds. The van der Waals surface area contributed by atoms with Crippen molar-refractivity contribution in [3.63, 3.8) is 0 Å². The molecular weight excluding hydrogens is 250 g/mol. The maximum atomic E-state index is 9.12. The first-order chi connectivity index (χ1) is 8.60. The van der Waals surface area contributed by atoms with E-state index in [4.69, 9.17) is 21.4 Å². The molecule has 0 saturated heterocycles. The predicted molar refractivity (Wildman–Crippen MR) is 71.8 cm³/mol. The van der Waals surface area contributed by atoms with Gasteiger partial charge in [0.15, 0.2) is 0 Å². The molecule has 3 unspecified atom stereocenters. The minimum Gasteiger partial charge on any atom is -0.474 e. The zero-order valence-electron chi connectivity index (χ0n) is 10.9. The molecule has 1 aromatic rings. The van der Waals surface area contributed by atoms with Crippen LogP contribution in [0.25, 0.3) is 0 Å². The van der Waals surface area contributed by atoms with Crippen LogP contribution in [0, 0.1) is 11.8 Å². The average molecular weight is 270 g/mol. The standard InChI is InChI=1S/C14H20ClNO2/c1-9-3-4-11(7-10(9)2)18-14-6-5-12(15)13(8-17)16-14/h5-6,9-11,17H,3-4,7-8H2,1-2H3. The number of aliphatic hydroxyl groups excluding tert-OH is 1. The Balaban J connectivity index is 2.01. The summed E-state index contributed by atoms with van der Waals surface area (Å²) in [6, 6.07) is 3.49. The van der Waals surface area contributed by atoms with Gasteiger partial charge < -0.3 is 9.84 Å². The van der Waals surface area contributed by atoms with Crippen molar-refractivity contribution in [3.05, 3.63) is 22.8 Å². The van der Waals surface area contributed by atoms with Crippen molar-refractivity contribution in [2.24, 2.45) is 11.8 Å². The molecule has 100 valence electrons. The summed E-state index contributed by atoms with van der Waals surface area (Å²) in [6.07, 6.45) is 3.58. The Morgan fingerprint density at radius 2 is 2.11 bits per heavy atom. The van der Waals surface area contributed by atoms with E-state index < -0.39 is 0 Å². The van der Waals surface area contributed by atoms with Crippen LogP contribution in [0.5, 0.6) is 5.88 Å². The minimum absolute atomic E-state index is 0.159. The highest BCUT2D eigenvalue weighted by atomic mass is 35.5. The summed E-state index contributed by atoms with van der Waals surface area (Å²) in [6.45, 7) is 4.41. The van der Waals surface area contributed by atoms with Crippen molar-refractivity contribution >= 4 is 11.6 Å². The highest BCUT2D eigenvalue weighted by Gasteiger charge is 2.26. The Morgan fingerprint density at radius 1 is 1.33 bits per heavy atom. The minimum atomic E-state index is -0.159. The van der Waals surface area contributed by atoms with Crippen molar-refractivity contribution in [1.82, 2.24) is 4.98 Å². The number of pyridine rings is 1. The third kappa shape index (κ3) is 3.15. The summed E-state index contributed by atoms with van der Waals surface area (Å²) in [4.78, 5) is 4.22. The van der Waals surface area contributed by atoms with Crippen molar-refractivity contribution in [2.75, 3.05) is 0 Å². The first kappa shape index (κ1) is 13.6. The number of ether oxygens (including phenoxy) is 1. The van der Waals surface area contributed by atoms with Gasteiger partial charge in [0.05, 0.1) is 17.3 Å². The lowest BCUT2D eigenvalue weighted by atomic mass is 9.80. The summed E-state index contributed by atoms with van der Waals surface area (Å²) in [5.41, 5.74) is 0.478. The lowest BCUT2D eigenvalue weighted by Gasteiger charge is -2.31. The van der Waals surface area contributed by atoms with Crippen LogP contribution in [0.3, 0.4) is 0 Å². The zero-order valence-corrected chi connectivity index (χ0v) is 11.7. The molecule has 1 saturated carbocycles. The Bertz CT molecular complexity index is 411. The Morgan fingerprint density at radius 3 is 2.78 bits per heavy atom. The Kier molecular flexibility index (Phi) is 4.46. The van der Waals surface area contributed by atoms with Gasteiger partial charge in [0, 0.05) is 6.07 Å². The number of aliphatic hydroxyl groups is 1. The molecular formula is C14H20ClNO2. The summed E-state index contributed by atoms with van der Waals surface area (Å²) in [5, 5.41) is 9.60. The fourth-order valence-corrected chi connectivity index (χ4v) is 2.58. The fourth-order valence-electron chi connectivity index (χ4n) is 2.42. The molecule has 18 heavy (non-hydrogen) atoms. The number of aromatic nitrogens is 1. The van der Waals surface area contributed by atoms with Crippen molar-refractivity contribution in [3.8, 4) is 5.88 Å². The van der Waals surface area contributed by atoms with E-state index in [-0.39, 0.29) is 12.7 Å². The first-order valence-corrected chi connectivity index (χ1v) is 6.91. The number of rotatable bonds is 3. The highest BCUT2D eigenvalue weighted by Crippen LogP contribution is 2.31. The van der Waals surface area contributed by atoms with Crippen LogP contribution in [0.15, 0.2) is 12.1 Å². The molecule has 1 fully saturated rings. The van der Waals surface area contributed by atoms with Crippen LogP contribution < -0.4 is 4.74 Å². The van der Waals surface area contributed by atoms with Crippen LogP contribution in [0.2, 0.25) is 5.02 Å². The largest absolute Gasteiger partial charge is 0.474 e. The normalized spacial score (nSPS) is 28.1. The van der Waals surface area contributed by atoms with Crippen LogP contribution >= 0.6 is 11.6 Å². The summed E-state index contributed by atoms with van der Waals surface area (Å²) in [7, 11) is 0. The van der Waals surface area contributed by atoms with E-state index in [1.54, 1.807) is 12.1 Å². The molecule has 1 N–H and O–H groups in total. The van der Waals surface area contributed by atoms with E-state index in [1.807, 2.05) is 0 Å². The van der Waals surface area contributed by atoms with Gasteiger partial charge in [-0.15, -0.1) is 0 Å². The van der Waals surface area contributed by atoms with Crippen molar-refractivity contribution in [1.29, 1.82) is 0 Å². The topological polar surface area (TPSA) is 42.4 Å². The second-order valence-electron chi connectivity index (χ2n) is 5.24. The van der Waals surface area contributed by atoms with Crippen molar-refractivity contribution < 1.29 is 9.84 Å². The molecule has 1 aliphatic rings. The molecule has 1 heterocycles.